The molecule has 8 heteroatoms. The highest BCUT2D eigenvalue weighted by Crippen LogP contribution is 2.62. The first-order valence-electron chi connectivity index (χ1n) is 15.0. The lowest BCUT2D eigenvalue weighted by atomic mass is 9.53. The number of hydrogen-bond acceptors (Lipinski definition) is 8. The molecule has 1 aromatic rings. The zero-order chi connectivity index (χ0) is 27.0. The summed E-state index contributed by atoms with van der Waals surface area (Å²) in [7, 11) is 3.34. The Bertz CT molecular complexity index is 1020. The topological polar surface area (TPSA) is 73.0 Å². The standard InChI is InChI=1S/C31H46N2O6/c1-30-8-4-9-31(21-38-31)28(30)17-23-24(29(34)39-27(23)18-30)20-33(11-5-10-32-12-14-37-15-13-32)19-22-6-7-25(35-2)26(16-22)36-3/h6-7,16,23-24,27-28H,4-5,8-15,17-21H2,1-3H3/t23-,24?,27-,28-,30-,31?/m1/s1. The molecular formula is C31H46N2O6. The van der Waals surface area contributed by atoms with Crippen LogP contribution in [0.25, 0.3) is 0 Å². The van der Waals surface area contributed by atoms with Crippen LogP contribution in [-0.4, -0.2) is 94.2 Å². The molecular weight excluding hydrogens is 496 g/mol. The van der Waals surface area contributed by atoms with Crippen molar-refractivity contribution in [1.82, 2.24) is 9.80 Å². The number of fused-ring (bicyclic) bond motifs is 3. The van der Waals surface area contributed by atoms with Gasteiger partial charge in [0.15, 0.2) is 11.5 Å². The molecule has 6 atom stereocenters. The maximum atomic E-state index is 13.4. The number of ether oxygens (including phenoxy) is 5. The molecule has 0 amide bonds. The third kappa shape index (κ3) is 5.54. The van der Waals surface area contributed by atoms with Crippen LogP contribution in [0.4, 0.5) is 0 Å². The van der Waals surface area contributed by atoms with Crippen molar-refractivity contribution in [2.75, 3.05) is 66.8 Å². The quantitative estimate of drug-likeness (QED) is 0.327. The number of epoxide rings is 1. The van der Waals surface area contributed by atoms with E-state index in [-0.39, 0.29) is 34.9 Å². The number of nitrogens with zero attached hydrogens (tertiary/aromatic N) is 2. The van der Waals surface area contributed by atoms with E-state index in [2.05, 4.69) is 28.9 Å². The number of carbonyl (C=O) groups excluding carboxylic acids is 1. The van der Waals surface area contributed by atoms with Crippen molar-refractivity contribution < 1.29 is 28.5 Å². The molecule has 3 aliphatic heterocycles. The molecule has 2 aliphatic carbocycles. The second-order valence-corrected chi connectivity index (χ2v) is 12.8. The smallest absolute Gasteiger partial charge is 0.310 e. The Morgan fingerprint density at radius 1 is 1.13 bits per heavy atom. The highest BCUT2D eigenvalue weighted by atomic mass is 16.6. The lowest BCUT2D eigenvalue weighted by Gasteiger charge is -2.51. The Morgan fingerprint density at radius 2 is 1.92 bits per heavy atom. The third-order valence-corrected chi connectivity index (χ3v) is 10.4. The SMILES string of the molecule is COc1ccc(CN(CCCN2CCOCC2)CC2C(=O)O[C@@H]3C[C@@]4(C)CCCC5(CO5)[C@@H]4C[C@H]23)cc1OC. The molecule has 0 N–H and O–H groups in total. The lowest BCUT2D eigenvalue weighted by molar-refractivity contribution is -0.147. The summed E-state index contributed by atoms with van der Waals surface area (Å²) in [6.07, 6.45) is 6.77. The number of rotatable bonds is 10. The Balaban J connectivity index is 1.17. The van der Waals surface area contributed by atoms with Crippen molar-refractivity contribution in [1.29, 1.82) is 0 Å². The van der Waals surface area contributed by atoms with Crippen LogP contribution in [0.15, 0.2) is 18.2 Å². The second kappa shape index (κ2) is 11.2. The molecule has 6 rings (SSSR count). The van der Waals surface area contributed by atoms with Crippen LogP contribution >= 0.6 is 0 Å². The summed E-state index contributed by atoms with van der Waals surface area (Å²) in [5.41, 5.74) is 1.46. The van der Waals surface area contributed by atoms with Gasteiger partial charge in [-0.25, -0.2) is 0 Å². The van der Waals surface area contributed by atoms with Crippen LogP contribution < -0.4 is 9.47 Å². The van der Waals surface area contributed by atoms with E-state index in [4.69, 9.17) is 23.7 Å². The number of morpholine rings is 1. The molecule has 0 aromatic heterocycles. The minimum atomic E-state index is -0.0826. The fourth-order valence-electron chi connectivity index (χ4n) is 8.26. The van der Waals surface area contributed by atoms with Crippen LogP contribution in [0.1, 0.15) is 51.0 Å². The highest BCUT2D eigenvalue weighted by Gasteiger charge is 2.65. The summed E-state index contributed by atoms with van der Waals surface area (Å²) in [5, 5.41) is 0. The Labute approximate surface area is 233 Å². The van der Waals surface area contributed by atoms with Gasteiger partial charge < -0.3 is 23.7 Å². The van der Waals surface area contributed by atoms with Crippen LogP contribution in [-0.2, 0) is 25.5 Å². The van der Waals surface area contributed by atoms with Gasteiger partial charge >= 0.3 is 5.97 Å². The fraction of sp³-hybridized carbons (Fsp3) is 0.774. The molecule has 3 heterocycles. The molecule has 8 nitrogen and oxygen atoms in total. The molecule has 3 saturated heterocycles. The van der Waals surface area contributed by atoms with Gasteiger partial charge in [0.2, 0.25) is 0 Å². The first-order chi connectivity index (χ1) is 18.9. The minimum Gasteiger partial charge on any atom is -0.493 e. The van der Waals surface area contributed by atoms with Crippen molar-refractivity contribution in [3.8, 4) is 11.5 Å². The molecule has 2 saturated carbocycles. The number of benzene rings is 1. The molecule has 0 bridgehead atoms. The maximum Gasteiger partial charge on any atom is 0.310 e. The summed E-state index contributed by atoms with van der Waals surface area (Å²) in [6.45, 7) is 10.4. The molecule has 0 radical (unpaired) electrons. The Kier molecular flexibility index (Phi) is 7.83. The first-order valence-corrected chi connectivity index (χ1v) is 15.0. The Morgan fingerprint density at radius 3 is 2.67 bits per heavy atom. The number of methoxy groups -OCH3 is 2. The third-order valence-electron chi connectivity index (χ3n) is 10.4. The predicted octanol–water partition coefficient (Wildman–Crippen LogP) is 3.76. The summed E-state index contributed by atoms with van der Waals surface area (Å²) >= 11 is 0. The van der Waals surface area contributed by atoms with Gasteiger partial charge in [-0.2, -0.15) is 0 Å². The normalized spacial score (nSPS) is 35.9. The molecule has 1 aromatic carbocycles. The zero-order valence-corrected chi connectivity index (χ0v) is 24.0. The summed E-state index contributed by atoms with van der Waals surface area (Å²) < 4.78 is 28.8. The van der Waals surface area contributed by atoms with Crippen molar-refractivity contribution in [3.63, 3.8) is 0 Å². The van der Waals surface area contributed by atoms with Crippen LogP contribution in [0.3, 0.4) is 0 Å². The van der Waals surface area contributed by atoms with Gasteiger partial charge in [-0.05, 0) is 80.6 Å². The highest BCUT2D eigenvalue weighted by molar-refractivity contribution is 5.75. The van der Waals surface area contributed by atoms with Crippen molar-refractivity contribution in [2.24, 2.45) is 23.2 Å². The van der Waals surface area contributed by atoms with Crippen molar-refractivity contribution in [3.05, 3.63) is 23.8 Å². The minimum absolute atomic E-state index is 0.00324. The number of carbonyl (C=O) groups is 1. The number of hydrogen-bond donors (Lipinski definition) is 0. The van der Waals surface area contributed by atoms with E-state index >= 15 is 0 Å². The zero-order valence-electron chi connectivity index (χ0n) is 24.0. The van der Waals surface area contributed by atoms with Crippen LogP contribution in [0.5, 0.6) is 11.5 Å². The monoisotopic (exact) mass is 542 g/mol. The average molecular weight is 543 g/mol. The van der Waals surface area contributed by atoms with Gasteiger partial charge in [0, 0.05) is 32.1 Å². The van der Waals surface area contributed by atoms with E-state index in [0.29, 0.717) is 5.92 Å². The van der Waals surface area contributed by atoms with E-state index in [0.717, 1.165) is 95.4 Å². The van der Waals surface area contributed by atoms with Gasteiger partial charge in [-0.15, -0.1) is 0 Å². The van der Waals surface area contributed by atoms with Gasteiger partial charge in [-0.3, -0.25) is 14.6 Å². The van der Waals surface area contributed by atoms with Gasteiger partial charge in [0.25, 0.3) is 0 Å². The van der Waals surface area contributed by atoms with E-state index in [9.17, 15) is 4.79 Å². The predicted molar refractivity (Wildman–Crippen MR) is 147 cm³/mol. The van der Waals surface area contributed by atoms with Gasteiger partial charge in [0.1, 0.15) is 6.10 Å². The summed E-state index contributed by atoms with van der Waals surface area (Å²) in [6, 6.07) is 6.14. The molecule has 2 unspecified atom stereocenters. The lowest BCUT2D eigenvalue weighted by Crippen LogP contribution is -2.51. The molecule has 1 spiro atoms. The van der Waals surface area contributed by atoms with E-state index in [1.807, 2.05) is 6.07 Å². The summed E-state index contributed by atoms with van der Waals surface area (Å²) in [4.78, 5) is 18.3. The van der Waals surface area contributed by atoms with Crippen molar-refractivity contribution in [2.45, 2.75) is 63.7 Å². The second-order valence-electron chi connectivity index (χ2n) is 12.8. The van der Waals surface area contributed by atoms with Crippen LogP contribution in [0.2, 0.25) is 0 Å². The van der Waals surface area contributed by atoms with E-state index in [1.54, 1.807) is 14.2 Å². The van der Waals surface area contributed by atoms with Crippen molar-refractivity contribution >= 4 is 5.97 Å². The fourth-order valence-corrected chi connectivity index (χ4v) is 8.26. The van der Waals surface area contributed by atoms with E-state index < -0.39 is 0 Å². The summed E-state index contributed by atoms with van der Waals surface area (Å²) in [5.74, 6) is 2.21. The largest absolute Gasteiger partial charge is 0.493 e. The van der Waals surface area contributed by atoms with Crippen LogP contribution in [0, 0.1) is 23.2 Å². The Hall–Kier alpha value is -1.87. The molecule has 5 aliphatic rings. The molecule has 39 heavy (non-hydrogen) atoms. The van der Waals surface area contributed by atoms with Gasteiger partial charge in [0.05, 0.1) is 45.6 Å². The molecule has 5 fully saturated rings. The maximum absolute atomic E-state index is 13.4. The first kappa shape index (κ1) is 27.3. The average Bonchev–Trinajstić information content (AvgIpc) is 3.64. The molecule has 216 valence electrons. The number of esters is 1. The van der Waals surface area contributed by atoms with Gasteiger partial charge in [-0.1, -0.05) is 13.0 Å². The van der Waals surface area contributed by atoms with E-state index in [1.165, 1.54) is 19.3 Å².